The first-order valence-electron chi connectivity index (χ1n) is 9.40. The van der Waals surface area contributed by atoms with Crippen molar-refractivity contribution in [1.82, 2.24) is 4.90 Å². The number of hydrogen-bond donors (Lipinski definition) is 0. The Bertz CT molecular complexity index is 698. The highest BCUT2D eigenvalue weighted by Gasteiger charge is 2.43. The normalized spacial score (nSPS) is 22.0. The summed E-state index contributed by atoms with van der Waals surface area (Å²) in [5.41, 5.74) is 2.43. The molecule has 1 spiro atoms. The Hall–Kier alpha value is -1.55. The zero-order chi connectivity index (χ0) is 17.1. The van der Waals surface area contributed by atoms with E-state index in [2.05, 4.69) is 60.4 Å². The molecular weight excluding hydrogens is 346 g/mol. The van der Waals surface area contributed by atoms with Crippen LogP contribution in [0.4, 0.5) is 0 Å². The number of halogens is 1. The van der Waals surface area contributed by atoms with Crippen LogP contribution < -0.4 is 4.74 Å². The summed E-state index contributed by atoms with van der Waals surface area (Å²) in [6.45, 7) is 6.11. The lowest BCUT2D eigenvalue weighted by Gasteiger charge is -2.43. The quantitative estimate of drug-likeness (QED) is 0.791. The highest BCUT2D eigenvalue weighted by atomic mass is 35.5. The zero-order valence-electron chi connectivity index (χ0n) is 15.4. The second kappa shape index (κ2) is 8.43. The summed E-state index contributed by atoms with van der Waals surface area (Å²) >= 11 is 0. The first kappa shape index (κ1) is 19.2. The van der Waals surface area contributed by atoms with Gasteiger partial charge in [-0.15, -0.1) is 12.4 Å². The molecule has 2 aliphatic heterocycles. The topological polar surface area (TPSA) is 21.7 Å². The summed E-state index contributed by atoms with van der Waals surface area (Å²) in [5, 5.41) is 0. The van der Waals surface area contributed by atoms with Crippen LogP contribution >= 0.6 is 12.4 Å². The van der Waals surface area contributed by atoms with Crippen molar-refractivity contribution in [2.75, 3.05) is 19.6 Å². The number of ether oxygens (including phenoxy) is 2. The van der Waals surface area contributed by atoms with Crippen molar-refractivity contribution in [3.8, 4) is 5.75 Å². The Morgan fingerprint density at radius 1 is 1.00 bits per heavy atom. The lowest BCUT2D eigenvalue weighted by molar-refractivity contribution is -0.135. The molecule has 0 N–H and O–H groups in total. The minimum absolute atomic E-state index is 0. The van der Waals surface area contributed by atoms with Gasteiger partial charge in [-0.05, 0) is 37.8 Å². The zero-order valence-corrected chi connectivity index (χ0v) is 16.2. The van der Waals surface area contributed by atoms with Crippen LogP contribution in [0.3, 0.4) is 0 Å². The summed E-state index contributed by atoms with van der Waals surface area (Å²) < 4.78 is 12.7. The SMILES string of the molecule is CC1Oc2ccccc2COC12CCN(CCc1ccccc1)CC2.Cl. The van der Waals surface area contributed by atoms with Gasteiger partial charge < -0.3 is 14.4 Å². The van der Waals surface area contributed by atoms with Gasteiger partial charge in [0.1, 0.15) is 17.5 Å². The minimum atomic E-state index is -0.151. The summed E-state index contributed by atoms with van der Waals surface area (Å²) in [7, 11) is 0. The van der Waals surface area contributed by atoms with Gasteiger partial charge in [-0.3, -0.25) is 0 Å². The van der Waals surface area contributed by atoms with Gasteiger partial charge in [-0.2, -0.15) is 0 Å². The van der Waals surface area contributed by atoms with Crippen molar-refractivity contribution in [3.05, 3.63) is 65.7 Å². The molecule has 4 heteroatoms. The predicted octanol–water partition coefficient (Wildman–Crippen LogP) is 4.48. The Labute approximate surface area is 162 Å². The molecule has 2 aliphatic rings. The van der Waals surface area contributed by atoms with Crippen molar-refractivity contribution in [3.63, 3.8) is 0 Å². The van der Waals surface area contributed by atoms with Crippen LogP contribution in [-0.2, 0) is 17.8 Å². The number of nitrogens with zero attached hydrogens (tertiary/aromatic N) is 1. The molecule has 2 aromatic rings. The van der Waals surface area contributed by atoms with Gasteiger partial charge in [0.2, 0.25) is 0 Å². The van der Waals surface area contributed by atoms with Crippen LogP contribution in [0.5, 0.6) is 5.75 Å². The van der Waals surface area contributed by atoms with Crippen molar-refractivity contribution in [1.29, 1.82) is 0 Å². The van der Waals surface area contributed by atoms with Gasteiger partial charge in [0, 0.05) is 25.2 Å². The molecule has 0 saturated carbocycles. The van der Waals surface area contributed by atoms with E-state index >= 15 is 0 Å². The fourth-order valence-electron chi connectivity index (χ4n) is 4.01. The largest absolute Gasteiger partial charge is 0.487 e. The molecule has 1 fully saturated rings. The first-order chi connectivity index (χ1) is 12.3. The van der Waals surface area contributed by atoms with E-state index in [4.69, 9.17) is 9.47 Å². The molecule has 0 aliphatic carbocycles. The van der Waals surface area contributed by atoms with E-state index in [0.29, 0.717) is 6.61 Å². The Morgan fingerprint density at radius 2 is 1.69 bits per heavy atom. The molecule has 1 unspecified atom stereocenters. The first-order valence-corrected chi connectivity index (χ1v) is 9.40. The number of piperidine rings is 1. The van der Waals surface area contributed by atoms with E-state index in [1.807, 2.05) is 6.07 Å². The highest BCUT2D eigenvalue weighted by molar-refractivity contribution is 5.85. The third-order valence-corrected chi connectivity index (χ3v) is 5.79. The van der Waals surface area contributed by atoms with E-state index < -0.39 is 0 Å². The fourth-order valence-corrected chi connectivity index (χ4v) is 4.01. The summed E-state index contributed by atoms with van der Waals surface area (Å²) in [6.07, 6.45) is 3.28. The van der Waals surface area contributed by atoms with Crippen LogP contribution in [0.15, 0.2) is 54.6 Å². The number of para-hydroxylation sites is 1. The predicted molar refractivity (Wildman–Crippen MR) is 107 cm³/mol. The summed E-state index contributed by atoms with van der Waals surface area (Å²) in [4.78, 5) is 2.56. The number of fused-ring (bicyclic) bond motifs is 1. The standard InChI is InChI=1S/C22H27NO2.ClH/c1-18-22(24-17-20-9-5-6-10-21(20)25-18)12-15-23(16-13-22)14-11-19-7-3-2-4-8-19;/h2-10,18H,11-17H2,1H3;1H. The molecule has 3 nitrogen and oxygen atoms in total. The average Bonchev–Trinajstić information content (AvgIpc) is 2.80. The molecule has 0 aromatic heterocycles. The van der Waals surface area contributed by atoms with Crippen LogP contribution in [0.1, 0.15) is 30.9 Å². The van der Waals surface area contributed by atoms with Crippen LogP contribution in [-0.4, -0.2) is 36.2 Å². The second-order valence-corrected chi connectivity index (χ2v) is 7.30. The molecule has 2 heterocycles. The van der Waals surface area contributed by atoms with Crippen LogP contribution in [0.25, 0.3) is 0 Å². The number of hydrogen-bond acceptors (Lipinski definition) is 3. The van der Waals surface area contributed by atoms with Crippen LogP contribution in [0.2, 0.25) is 0 Å². The van der Waals surface area contributed by atoms with Gasteiger partial charge >= 0.3 is 0 Å². The Balaban J connectivity index is 0.00000196. The molecule has 140 valence electrons. The number of benzene rings is 2. The van der Waals surface area contributed by atoms with Gasteiger partial charge in [0.15, 0.2) is 0 Å². The summed E-state index contributed by atoms with van der Waals surface area (Å²) in [5.74, 6) is 0.985. The minimum Gasteiger partial charge on any atom is -0.487 e. The van der Waals surface area contributed by atoms with Gasteiger partial charge in [0.25, 0.3) is 0 Å². The Kier molecular flexibility index (Phi) is 6.23. The Morgan fingerprint density at radius 3 is 2.46 bits per heavy atom. The maximum atomic E-state index is 6.43. The lowest BCUT2D eigenvalue weighted by Crippen LogP contribution is -2.53. The molecule has 0 bridgehead atoms. The maximum Gasteiger partial charge on any atom is 0.125 e. The molecule has 1 saturated heterocycles. The van der Waals surface area contributed by atoms with E-state index in [1.54, 1.807) is 0 Å². The van der Waals surface area contributed by atoms with Crippen molar-refractivity contribution in [2.45, 2.75) is 44.5 Å². The second-order valence-electron chi connectivity index (χ2n) is 7.30. The maximum absolute atomic E-state index is 6.43. The highest BCUT2D eigenvalue weighted by Crippen LogP contribution is 2.37. The molecular formula is C22H28ClNO2. The molecule has 4 rings (SSSR count). The van der Waals surface area contributed by atoms with Crippen LogP contribution in [0, 0.1) is 0 Å². The van der Waals surface area contributed by atoms with Gasteiger partial charge in [-0.1, -0.05) is 48.5 Å². The average molecular weight is 374 g/mol. The van der Waals surface area contributed by atoms with E-state index in [0.717, 1.165) is 50.2 Å². The molecule has 1 atom stereocenters. The molecule has 2 aromatic carbocycles. The molecule has 0 amide bonds. The fraction of sp³-hybridized carbons (Fsp3) is 0.455. The summed E-state index contributed by atoms with van der Waals surface area (Å²) in [6, 6.07) is 19.0. The van der Waals surface area contributed by atoms with E-state index in [1.165, 1.54) is 5.56 Å². The van der Waals surface area contributed by atoms with Gasteiger partial charge in [0.05, 0.1) is 6.61 Å². The van der Waals surface area contributed by atoms with E-state index in [9.17, 15) is 0 Å². The van der Waals surface area contributed by atoms with Crippen molar-refractivity contribution in [2.24, 2.45) is 0 Å². The third kappa shape index (κ3) is 4.06. The number of likely N-dealkylation sites (tertiary alicyclic amines) is 1. The number of rotatable bonds is 3. The monoisotopic (exact) mass is 373 g/mol. The molecule has 26 heavy (non-hydrogen) atoms. The van der Waals surface area contributed by atoms with Crippen molar-refractivity contribution >= 4 is 12.4 Å². The van der Waals surface area contributed by atoms with E-state index in [-0.39, 0.29) is 24.1 Å². The van der Waals surface area contributed by atoms with Crippen molar-refractivity contribution < 1.29 is 9.47 Å². The third-order valence-electron chi connectivity index (χ3n) is 5.79. The lowest BCUT2D eigenvalue weighted by atomic mass is 9.86. The smallest absolute Gasteiger partial charge is 0.125 e. The molecule has 0 radical (unpaired) electrons. The van der Waals surface area contributed by atoms with Gasteiger partial charge in [-0.25, -0.2) is 0 Å².